The first-order chi connectivity index (χ1) is 15.0. The van der Waals surface area contributed by atoms with Crippen LogP contribution in [0.5, 0.6) is 11.5 Å². The van der Waals surface area contributed by atoms with Gasteiger partial charge >= 0.3 is 5.97 Å². The van der Waals surface area contributed by atoms with Crippen LogP contribution in [0.1, 0.15) is 45.0 Å². The molecule has 0 radical (unpaired) electrons. The molecule has 0 saturated carbocycles. The van der Waals surface area contributed by atoms with Gasteiger partial charge in [-0.25, -0.2) is 4.79 Å². The number of carbonyl (C=O) groups excluding carboxylic acids is 2. The van der Waals surface area contributed by atoms with Crippen molar-refractivity contribution in [2.45, 2.75) is 27.2 Å². The minimum Gasteiger partial charge on any atom is -0.462 e. The number of hydrogen-bond donors (Lipinski definition) is 1. The maximum Gasteiger partial charge on any atom is 0.341 e. The summed E-state index contributed by atoms with van der Waals surface area (Å²) in [5.74, 6) is 0.339. The van der Waals surface area contributed by atoms with Crippen LogP contribution < -0.4 is 14.8 Å². The molecule has 0 bridgehead atoms. The van der Waals surface area contributed by atoms with Crippen molar-refractivity contribution in [1.82, 2.24) is 0 Å². The first-order valence-electron chi connectivity index (χ1n) is 10.1. The number of nitrogens with one attached hydrogen (secondary N) is 1. The molecule has 2 heterocycles. The Morgan fingerprint density at radius 1 is 1.06 bits per heavy atom. The molecule has 0 saturated heterocycles. The molecule has 4 rings (SSSR count). The van der Waals surface area contributed by atoms with Crippen molar-refractivity contribution in [3.05, 3.63) is 64.0 Å². The third kappa shape index (κ3) is 4.14. The van der Waals surface area contributed by atoms with Gasteiger partial charge in [0.15, 0.2) is 11.5 Å². The van der Waals surface area contributed by atoms with E-state index in [1.54, 1.807) is 25.1 Å². The fraction of sp³-hybridized carbons (Fsp3) is 0.250. The lowest BCUT2D eigenvalue weighted by Gasteiger charge is -2.10. The monoisotopic (exact) mass is 437 g/mol. The van der Waals surface area contributed by atoms with Crippen LogP contribution in [0.3, 0.4) is 0 Å². The van der Waals surface area contributed by atoms with Crippen molar-refractivity contribution in [1.29, 1.82) is 0 Å². The van der Waals surface area contributed by atoms with Gasteiger partial charge in [0.05, 0.1) is 6.61 Å². The van der Waals surface area contributed by atoms with E-state index in [1.807, 2.05) is 31.2 Å². The van der Waals surface area contributed by atoms with Gasteiger partial charge < -0.3 is 19.5 Å². The molecule has 160 valence electrons. The molecule has 2 aromatic carbocycles. The molecule has 6 nitrogen and oxygen atoms in total. The van der Waals surface area contributed by atoms with E-state index in [1.165, 1.54) is 16.9 Å². The highest BCUT2D eigenvalue weighted by Crippen LogP contribution is 2.41. The second-order valence-corrected chi connectivity index (χ2v) is 8.26. The van der Waals surface area contributed by atoms with E-state index in [9.17, 15) is 9.59 Å². The molecule has 1 N–H and O–H groups in total. The lowest BCUT2D eigenvalue weighted by Crippen LogP contribution is -2.14. The molecule has 1 aliphatic heterocycles. The fourth-order valence-corrected chi connectivity index (χ4v) is 4.56. The van der Waals surface area contributed by atoms with Gasteiger partial charge in [-0.05, 0) is 49.6 Å². The van der Waals surface area contributed by atoms with Gasteiger partial charge in [0.1, 0.15) is 10.6 Å². The number of carbonyl (C=O) groups is 2. The van der Waals surface area contributed by atoms with Crippen LogP contribution in [0.25, 0.3) is 11.1 Å². The van der Waals surface area contributed by atoms with E-state index in [-0.39, 0.29) is 19.3 Å². The summed E-state index contributed by atoms with van der Waals surface area (Å²) in [7, 11) is 0. The summed E-state index contributed by atoms with van der Waals surface area (Å²) in [5.41, 5.74) is 3.71. The molecule has 0 fully saturated rings. The molecule has 0 atom stereocenters. The van der Waals surface area contributed by atoms with Gasteiger partial charge in [0.25, 0.3) is 5.91 Å². The number of benzene rings is 2. The summed E-state index contributed by atoms with van der Waals surface area (Å²) in [6, 6.07) is 13.1. The Balaban J connectivity index is 1.71. The standard InChI is InChI=1S/C24H23NO5S/c1-4-15-6-8-16(9-7-15)20-14(3)31-23(21(20)24(27)28-5-2)25-22(26)17-10-11-18-19(12-17)30-13-29-18/h6-12H,4-5,13H2,1-3H3,(H,25,26). The van der Waals surface area contributed by atoms with Gasteiger partial charge in [-0.1, -0.05) is 31.2 Å². The average molecular weight is 438 g/mol. The molecule has 7 heteroatoms. The highest BCUT2D eigenvalue weighted by molar-refractivity contribution is 7.17. The van der Waals surface area contributed by atoms with E-state index in [4.69, 9.17) is 14.2 Å². The minimum absolute atomic E-state index is 0.137. The lowest BCUT2D eigenvalue weighted by molar-refractivity contribution is 0.0529. The first-order valence-corrected chi connectivity index (χ1v) is 10.9. The second kappa shape index (κ2) is 8.81. The molecule has 0 spiro atoms. The van der Waals surface area contributed by atoms with E-state index in [2.05, 4.69) is 12.2 Å². The molecular formula is C24H23NO5S. The third-order valence-corrected chi connectivity index (χ3v) is 6.10. The van der Waals surface area contributed by atoms with E-state index in [0.29, 0.717) is 27.6 Å². The zero-order valence-electron chi connectivity index (χ0n) is 17.6. The number of esters is 1. The van der Waals surface area contributed by atoms with E-state index in [0.717, 1.165) is 22.4 Å². The van der Waals surface area contributed by atoms with E-state index >= 15 is 0 Å². The predicted molar refractivity (Wildman–Crippen MR) is 120 cm³/mol. The van der Waals surface area contributed by atoms with Crippen LogP contribution in [-0.4, -0.2) is 25.3 Å². The number of hydrogen-bond acceptors (Lipinski definition) is 6. The van der Waals surface area contributed by atoms with Crippen LogP contribution in [0, 0.1) is 6.92 Å². The van der Waals surface area contributed by atoms with E-state index < -0.39 is 5.97 Å². The summed E-state index contributed by atoms with van der Waals surface area (Å²) in [5, 5.41) is 3.36. The van der Waals surface area contributed by atoms with Crippen molar-refractivity contribution in [2.24, 2.45) is 0 Å². The summed E-state index contributed by atoms with van der Waals surface area (Å²) in [4.78, 5) is 26.7. The number of aryl methyl sites for hydroxylation is 2. The molecular weight excluding hydrogens is 414 g/mol. The molecule has 1 aliphatic rings. The largest absolute Gasteiger partial charge is 0.462 e. The number of anilines is 1. The second-order valence-electron chi connectivity index (χ2n) is 7.03. The first kappa shape index (κ1) is 20.9. The third-order valence-electron chi connectivity index (χ3n) is 5.08. The van der Waals surface area contributed by atoms with Crippen molar-refractivity contribution in [3.8, 4) is 22.6 Å². The summed E-state index contributed by atoms with van der Waals surface area (Å²) in [6.07, 6.45) is 0.935. The van der Waals surface area contributed by atoms with Crippen LogP contribution in [0.15, 0.2) is 42.5 Å². The summed E-state index contributed by atoms with van der Waals surface area (Å²) < 4.78 is 16.0. The topological polar surface area (TPSA) is 73.9 Å². The fourth-order valence-electron chi connectivity index (χ4n) is 3.50. The molecule has 3 aromatic rings. The molecule has 0 aliphatic carbocycles. The Kier molecular flexibility index (Phi) is 5.95. The molecule has 31 heavy (non-hydrogen) atoms. The van der Waals surface area contributed by atoms with Crippen LogP contribution in [0.2, 0.25) is 0 Å². The van der Waals surface area contributed by atoms with Gasteiger partial charge in [-0.15, -0.1) is 11.3 Å². The van der Waals surface area contributed by atoms with Gasteiger partial charge in [0, 0.05) is 16.0 Å². The van der Waals surface area contributed by atoms with Crippen molar-refractivity contribution in [2.75, 3.05) is 18.7 Å². The Bertz CT molecular complexity index is 1130. The number of amides is 1. The lowest BCUT2D eigenvalue weighted by atomic mass is 9.99. The summed E-state index contributed by atoms with van der Waals surface area (Å²) in [6.45, 7) is 6.18. The number of ether oxygens (including phenoxy) is 3. The quantitative estimate of drug-likeness (QED) is 0.520. The molecule has 0 unspecified atom stereocenters. The zero-order valence-corrected chi connectivity index (χ0v) is 18.4. The Morgan fingerprint density at radius 3 is 2.52 bits per heavy atom. The number of fused-ring (bicyclic) bond motifs is 1. The van der Waals surface area contributed by atoms with Crippen molar-refractivity contribution < 1.29 is 23.8 Å². The minimum atomic E-state index is -0.456. The highest BCUT2D eigenvalue weighted by Gasteiger charge is 2.26. The van der Waals surface area contributed by atoms with Crippen molar-refractivity contribution in [3.63, 3.8) is 0 Å². The molecule has 1 amide bonds. The number of rotatable bonds is 6. The molecule has 1 aromatic heterocycles. The Hall–Kier alpha value is -3.32. The number of thiophene rings is 1. The SMILES string of the molecule is CCOC(=O)c1c(NC(=O)c2ccc3c(c2)OCO3)sc(C)c1-c1ccc(CC)cc1. The van der Waals surface area contributed by atoms with Crippen LogP contribution in [-0.2, 0) is 11.2 Å². The highest BCUT2D eigenvalue weighted by atomic mass is 32.1. The van der Waals surface area contributed by atoms with Crippen molar-refractivity contribution >= 4 is 28.2 Å². The van der Waals surface area contributed by atoms with Crippen LogP contribution in [0.4, 0.5) is 5.00 Å². The normalized spacial score (nSPS) is 12.0. The van der Waals surface area contributed by atoms with Gasteiger partial charge in [-0.3, -0.25) is 4.79 Å². The Morgan fingerprint density at radius 2 is 1.81 bits per heavy atom. The smallest absolute Gasteiger partial charge is 0.341 e. The summed E-state index contributed by atoms with van der Waals surface area (Å²) >= 11 is 1.36. The van der Waals surface area contributed by atoms with Gasteiger partial charge in [0.2, 0.25) is 6.79 Å². The predicted octanol–water partition coefficient (Wildman–Crippen LogP) is 5.44. The van der Waals surface area contributed by atoms with Crippen LogP contribution >= 0.6 is 11.3 Å². The Labute approximate surface area is 184 Å². The average Bonchev–Trinajstić information content (AvgIpc) is 3.37. The maximum absolute atomic E-state index is 12.9. The van der Waals surface area contributed by atoms with Gasteiger partial charge in [-0.2, -0.15) is 0 Å². The maximum atomic E-state index is 12.9. The zero-order chi connectivity index (χ0) is 22.0.